The van der Waals surface area contributed by atoms with Crippen molar-refractivity contribution >= 4 is 16.9 Å². The maximum atomic E-state index is 13.8. The van der Waals surface area contributed by atoms with Gasteiger partial charge in [0.05, 0.1) is 17.8 Å². The quantitative estimate of drug-likeness (QED) is 0.407. The van der Waals surface area contributed by atoms with Crippen LogP contribution in [0, 0.1) is 0 Å². The third-order valence-corrected chi connectivity index (χ3v) is 5.64. The molecule has 3 aromatic heterocycles. The zero-order valence-corrected chi connectivity index (χ0v) is 17.9. The van der Waals surface area contributed by atoms with Gasteiger partial charge in [-0.15, -0.1) is 0 Å². The predicted octanol–water partition coefficient (Wildman–Crippen LogP) is 4.58. The second-order valence-electron chi connectivity index (χ2n) is 7.76. The fraction of sp³-hybridized carbons (Fsp3) is 0.0370. The van der Waals surface area contributed by atoms with Crippen molar-refractivity contribution < 1.29 is 15.0 Å². The molecule has 0 unspecified atom stereocenters. The fourth-order valence-corrected chi connectivity index (χ4v) is 4.05. The molecule has 0 amide bonds. The van der Waals surface area contributed by atoms with Crippen molar-refractivity contribution in [2.75, 3.05) is 0 Å². The number of aromatic nitrogens is 3. The van der Waals surface area contributed by atoms with E-state index < -0.39 is 17.4 Å². The van der Waals surface area contributed by atoms with Crippen molar-refractivity contribution in [1.82, 2.24) is 14.5 Å². The highest BCUT2D eigenvalue weighted by Gasteiger charge is 2.24. The van der Waals surface area contributed by atoms with Gasteiger partial charge in [0, 0.05) is 28.9 Å². The Balaban J connectivity index is 1.94. The summed E-state index contributed by atoms with van der Waals surface area (Å²) < 4.78 is 1.54. The number of carbonyl (C=O) groups is 1. The Morgan fingerprint density at radius 3 is 2.18 bits per heavy atom. The van der Waals surface area contributed by atoms with Gasteiger partial charge in [-0.3, -0.25) is 9.78 Å². The molecule has 166 valence electrons. The van der Waals surface area contributed by atoms with Crippen LogP contribution in [-0.2, 0) is 6.54 Å². The molecule has 0 fully saturated rings. The summed E-state index contributed by atoms with van der Waals surface area (Å²) in [6.45, 7) is 0.211. The summed E-state index contributed by atoms with van der Waals surface area (Å²) in [5.74, 6) is -1.85. The zero-order chi connectivity index (χ0) is 23.7. The number of carboxylic acid groups (broad SMARTS) is 1. The standard InChI is InChI=1S/C27H19N3O4/c31-25-21-15-20(18-9-5-2-6-10-18)26(32)30(16-17-7-3-1-4-8-17)24(21)22(29-23(25)27(33)34)19-11-13-28-14-12-19/h1-15,31H,16H2,(H,33,34). The molecule has 0 saturated carbocycles. The molecule has 0 bridgehead atoms. The Morgan fingerprint density at radius 2 is 1.53 bits per heavy atom. The van der Waals surface area contributed by atoms with E-state index in [1.54, 1.807) is 47.3 Å². The van der Waals surface area contributed by atoms with Gasteiger partial charge in [0.25, 0.3) is 5.56 Å². The van der Waals surface area contributed by atoms with Crippen LogP contribution >= 0.6 is 0 Å². The van der Waals surface area contributed by atoms with E-state index in [-0.39, 0.29) is 23.2 Å². The van der Waals surface area contributed by atoms with Crippen LogP contribution in [0.15, 0.2) is 96.1 Å². The summed E-state index contributed by atoms with van der Waals surface area (Å²) in [6.07, 6.45) is 3.13. The average Bonchev–Trinajstić information content (AvgIpc) is 2.87. The molecule has 0 spiro atoms. The predicted molar refractivity (Wildman–Crippen MR) is 129 cm³/mol. The van der Waals surface area contributed by atoms with E-state index in [2.05, 4.69) is 9.97 Å². The number of aromatic carboxylic acids is 1. The number of hydrogen-bond acceptors (Lipinski definition) is 5. The number of carboxylic acids is 1. The van der Waals surface area contributed by atoms with Gasteiger partial charge < -0.3 is 14.8 Å². The highest BCUT2D eigenvalue weighted by molar-refractivity contribution is 6.03. The normalized spacial score (nSPS) is 10.9. The van der Waals surface area contributed by atoms with Crippen LogP contribution < -0.4 is 5.56 Å². The molecule has 0 atom stereocenters. The second kappa shape index (κ2) is 8.63. The minimum Gasteiger partial charge on any atom is -0.505 e. The number of rotatable bonds is 5. The monoisotopic (exact) mass is 449 g/mol. The Morgan fingerprint density at radius 1 is 0.882 bits per heavy atom. The number of benzene rings is 2. The molecule has 0 radical (unpaired) electrons. The first-order valence-corrected chi connectivity index (χ1v) is 10.6. The van der Waals surface area contributed by atoms with Crippen LogP contribution in [0.4, 0.5) is 0 Å². The SMILES string of the molecule is O=C(O)c1nc(-c2ccncc2)c2c(cc(-c3ccccc3)c(=O)n2Cc2ccccc2)c1O. The van der Waals surface area contributed by atoms with Gasteiger partial charge in [-0.05, 0) is 29.3 Å². The lowest BCUT2D eigenvalue weighted by molar-refractivity contribution is 0.0687. The van der Waals surface area contributed by atoms with Crippen LogP contribution in [0.25, 0.3) is 33.3 Å². The van der Waals surface area contributed by atoms with Crippen LogP contribution in [0.1, 0.15) is 16.1 Å². The first kappa shape index (κ1) is 21.1. The summed E-state index contributed by atoms with van der Waals surface area (Å²) in [4.78, 5) is 34.1. The Bertz CT molecular complexity index is 1560. The molecule has 7 nitrogen and oxygen atoms in total. The average molecular weight is 449 g/mol. The summed E-state index contributed by atoms with van der Waals surface area (Å²) >= 11 is 0. The largest absolute Gasteiger partial charge is 0.505 e. The maximum absolute atomic E-state index is 13.8. The second-order valence-corrected chi connectivity index (χ2v) is 7.76. The molecule has 0 aliphatic carbocycles. The van der Waals surface area contributed by atoms with Gasteiger partial charge >= 0.3 is 5.97 Å². The van der Waals surface area contributed by atoms with E-state index in [1.807, 2.05) is 48.5 Å². The molecular weight excluding hydrogens is 430 g/mol. The molecule has 3 heterocycles. The summed E-state index contributed by atoms with van der Waals surface area (Å²) in [6, 6.07) is 23.5. The van der Waals surface area contributed by atoms with Gasteiger partial charge in [-0.2, -0.15) is 0 Å². The first-order valence-electron chi connectivity index (χ1n) is 10.6. The maximum Gasteiger partial charge on any atom is 0.358 e. The Labute approximate surface area is 194 Å². The minimum atomic E-state index is -1.36. The molecule has 5 rings (SSSR count). The van der Waals surface area contributed by atoms with E-state index in [0.717, 1.165) is 5.56 Å². The number of nitrogens with zero attached hydrogens (tertiary/aromatic N) is 3. The molecule has 0 aliphatic rings. The van der Waals surface area contributed by atoms with Crippen molar-refractivity contribution in [3.63, 3.8) is 0 Å². The molecule has 0 aliphatic heterocycles. The molecule has 0 saturated heterocycles. The summed E-state index contributed by atoms with van der Waals surface area (Å²) in [7, 11) is 0. The third-order valence-electron chi connectivity index (χ3n) is 5.64. The lowest BCUT2D eigenvalue weighted by atomic mass is 10.0. The van der Waals surface area contributed by atoms with Gasteiger partial charge in [-0.25, -0.2) is 9.78 Å². The Hall–Kier alpha value is -4.78. The third kappa shape index (κ3) is 3.69. The molecule has 7 heteroatoms. The number of aromatic hydroxyl groups is 1. The van der Waals surface area contributed by atoms with Crippen molar-refractivity contribution in [1.29, 1.82) is 0 Å². The lowest BCUT2D eigenvalue weighted by Gasteiger charge is -2.18. The van der Waals surface area contributed by atoms with Crippen LogP contribution in [0.2, 0.25) is 0 Å². The summed E-state index contributed by atoms with van der Waals surface area (Å²) in [5.41, 5.74) is 2.33. The van der Waals surface area contributed by atoms with E-state index >= 15 is 0 Å². The molecule has 2 N–H and O–H groups in total. The molecule has 2 aromatic carbocycles. The number of hydrogen-bond donors (Lipinski definition) is 2. The van der Waals surface area contributed by atoms with Gasteiger partial charge in [0.1, 0.15) is 0 Å². The van der Waals surface area contributed by atoms with Crippen LogP contribution in [0.5, 0.6) is 5.75 Å². The summed E-state index contributed by atoms with van der Waals surface area (Å²) in [5, 5.41) is 20.9. The number of fused-ring (bicyclic) bond motifs is 1. The number of pyridine rings is 3. The lowest BCUT2D eigenvalue weighted by Crippen LogP contribution is -2.24. The highest BCUT2D eigenvalue weighted by Crippen LogP contribution is 2.36. The molecule has 34 heavy (non-hydrogen) atoms. The van der Waals surface area contributed by atoms with E-state index in [9.17, 15) is 19.8 Å². The first-order chi connectivity index (χ1) is 16.5. The van der Waals surface area contributed by atoms with E-state index in [1.165, 1.54) is 0 Å². The van der Waals surface area contributed by atoms with Crippen molar-refractivity contribution in [3.8, 4) is 28.1 Å². The van der Waals surface area contributed by atoms with Crippen LogP contribution in [0.3, 0.4) is 0 Å². The zero-order valence-electron chi connectivity index (χ0n) is 17.9. The van der Waals surface area contributed by atoms with Gasteiger partial charge in [0.2, 0.25) is 0 Å². The van der Waals surface area contributed by atoms with Crippen molar-refractivity contribution in [3.05, 3.63) is 113 Å². The minimum absolute atomic E-state index is 0.211. The highest BCUT2D eigenvalue weighted by atomic mass is 16.4. The van der Waals surface area contributed by atoms with Crippen LogP contribution in [-0.4, -0.2) is 30.7 Å². The van der Waals surface area contributed by atoms with Gasteiger partial charge in [0.15, 0.2) is 11.4 Å². The molecular formula is C27H19N3O4. The van der Waals surface area contributed by atoms with E-state index in [0.29, 0.717) is 22.2 Å². The Kier molecular flexibility index (Phi) is 5.35. The van der Waals surface area contributed by atoms with Crippen molar-refractivity contribution in [2.45, 2.75) is 6.54 Å². The van der Waals surface area contributed by atoms with Crippen molar-refractivity contribution in [2.24, 2.45) is 0 Å². The topological polar surface area (TPSA) is 105 Å². The van der Waals surface area contributed by atoms with Gasteiger partial charge in [-0.1, -0.05) is 60.7 Å². The fourth-order valence-electron chi connectivity index (χ4n) is 4.05. The van der Waals surface area contributed by atoms with E-state index in [4.69, 9.17) is 0 Å². The smallest absolute Gasteiger partial charge is 0.358 e. The molecule has 5 aromatic rings.